The van der Waals surface area contributed by atoms with Crippen LogP contribution in [-0.4, -0.2) is 27.6 Å². The van der Waals surface area contributed by atoms with Crippen molar-refractivity contribution in [1.82, 2.24) is 15.0 Å². The smallest absolute Gasteiger partial charge is 0.360 e. The van der Waals surface area contributed by atoms with Gasteiger partial charge in [0.1, 0.15) is 0 Å². The van der Waals surface area contributed by atoms with Crippen LogP contribution in [0.3, 0.4) is 0 Å². The predicted octanol–water partition coefficient (Wildman–Crippen LogP) is 1.58. The molecule has 0 atom stereocenters. The van der Waals surface area contributed by atoms with Crippen LogP contribution in [0.25, 0.3) is 0 Å². The third-order valence-corrected chi connectivity index (χ3v) is 3.45. The highest BCUT2D eigenvalue weighted by molar-refractivity contribution is 5.88. The number of aryl methyl sites for hydroxylation is 2. The summed E-state index contributed by atoms with van der Waals surface area (Å²) in [5.74, 6) is -0.481. The van der Waals surface area contributed by atoms with Crippen LogP contribution < -0.4 is 5.73 Å². The minimum atomic E-state index is -0.481. The highest BCUT2D eigenvalue weighted by atomic mass is 16.5. The lowest BCUT2D eigenvalue weighted by Crippen LogP contribution is -2.15. The summed E-state index contributed by atoms with van der Waals surface area (Å²) in [7, 11) is 0. The van der Waals surface area contributed by atoms with E-state index in [1.165, 1.54) is 11.1 Å². The number of benzene rings is 1. The molecule has 0 fully saturated rings. The molecule has 1 aromatic heterocycles. The Balaban J connectivity index is 2.35. The van der Waals surface area contributed by atoms with Gasteiger partial charge >= 0.3 is 5.97 Å². The summed E-state index contributed by atoms with van der Waals surface area (Å²) in [5.41, 5.74) is 10.0. The van der Waals surface area contributed by atoms with Crippen LogP contribution in [0, 0.1) is 13.8 Å². The Morgan fingerprint density at radius 2 is 2.00 bits per heavy atom. The standard InChI is InChI=1S/C15H20N4O2/c1-4-21-15(20)14-13(8-16)19(18-17-14)9-12-10(2)6-5-7-11(12)3/h5-7H,4,8-9,16H2,1-3H3. The molecule has 2 N–H and O–H groups in total. The van der Waals surface area contributed by atoms with E-state index in [1.807, 2.05) is 32.0 Å². The molecule has 0 saturated carbocycles. The molecule has 112 valence electrons. The van der Waals surface area contributed by atoms with Crippen LogP contribution >= 0.6 is 0 Å². The number of nitrogens with two attached hydrogens (primary N) is 1. The molecular formula is C15H20N4O2. The van der Waals surface area contributed by atoms with E-state index in [1.54, 1.807) is 11.6 Å². The number of esters is 1. The zero-order valence-electron chi connectivity index (χ0n) is 12.6. The summed E-state index contributed by atoms with van der Waals surface area (Å²) in [6, 6.07) is 6.12. The average molecular weight is 288 g/mol. The number of aromatic nitrogens is 3. The van der Waals surface area contributed by atoms with Gasteiger partial charge in [-0.1, -0.05) is 23.4 Å². The lowest BCUT2D eigenvalue weighted by atomic mass is 10.0. The Kier molecular flexibility index (Phi) is 4.70. The SMILES string of the molecule is CCOC(=O)c1nnn(Cc2c(C)cccc2C)c1CN. The van der Waals surface area contributed by atoms with Crippen LogP contribution in [0.4, 0.5) is 0 Å². The van der Waals surface area contributed by atoms with Crippen molar-refractivity contribution in [3.8, 4) is 0 Å². The van der Waals surface area contributed by atoms with Gasteiger partial charge in [0.2, 0.25) is 0 Å². The molecule has 1 aromatic carbocycles. The number of nitrogens with zero attached hydrogens (tertiary/aromatic N) is 3. The first kappa shape index (κ1) is 15.2. The minimum Gasteiger partial charge on any atom is -0.461 e. The van der Waals surface area contributed by atoms with Gasteiger partial charge in [-0.05, 0) is 37.5 Å². The molecule has 0 radical (unpaired) electrons. The highest BCUT2D eigenvalue weighted by Crippen LogP contribution is 2.16. The lowest BCUT2D eigenvalue weighted by molar-refractivity contribution is 0.0518. The van der Waals surface area contributed by atoms with Gasteiger partial charge in [0.05, 0.1) is 18.8 Å². The van der Waals surface area contributed by atoms with E-state index in [0.29, 0.717) is 18.8 Å². The zero-order valence-corrected chi connectivity index (χ0v) is 12.6. The van der Waals surface area contributed by atoms with Crippen LogP contribution in [0.5, 0.6) is 0 Å². The normalized spacial score (nSPS) is 10.7. The third-order valence-electron chi connectivity index (χ3n) is 3.45. The van der Waals surface area contributed by atoms with Gasteiger partial charge in [-0.15, -0.1) is 5.10 Å². The molecule has 0 aliphatic heterocycles. The van der Waals surface area contributed by atoms with Gasteiger partial charge in [0.25, 0.3) is 0 Å². The molecule has 1 heterocycles. The predicted molar refractivity (Wildman–Crippen MR) is 78.9 cm³/mol. The van der Waals surface area contributed by atoms with Crippen molar-refractivity contribution >= 4 is 5.97 Å². The number of hydrogen-bond donors (Lipinski definition) is 1. The lowest BCUT2D eigenvalue weighted by Gasteiger charge is -2.11. The molecule has 0 saturated heterocycles. The summed E-state index contributed by atoms with van der Waals surface area (Å²) < 4.78 is 6.64. The topological polar surface area (TPSA) is 83.0 Å². The quantitative estimate of drug-likeness (QED) is 0.845. The highest BCUT2D eigenvalue weighted by Gasteiger charge is 2.20. The first-order chi connectivity index (χ1) is 10.1. The van der Waals surface area contributed by atoms with Gasteiger partial charge in [0, 0.05) is 6.54 Å². The molecule has 0 spiro atoms. The van der Waals surface area contributed by atoms with Crippen LogP contribution in [-0.2, 0) is 17.8 Å². The third kappa shape index (κ3) is 3.11. The summed E-state index contributed by atoms with van der Waals surface area (Å²) in [6.45, 7) is 6.87. The van der Waals surface area contributed by atoms with Crippen LogP contribution in [0.2, 0.25) is 0 Å². The van der Waals surface area contributed by atoms with Crippen LogP contribution in [0.15, 0.2) is 18.2 Å². The maximum Gasteiger partial charge on any atom is 0.360 e. The van der Waals surface area contributed by atoms with E-state index >= 15 is 0 Å². The zero-order chi connectivity index (χ0) is 15.4. The first-order valence-electron chi connectivity index (χ1n) is 6.93. The second-order valence-corrected chi connectivity index (χ2v) is 4.84. The molecular weight excluding hydrogens is 268 g/mol. The van der Waals surface area contributed by atoms with Crippen molar-refractivity contribution in [1.29, 1.82) is 0 Å². The number of hydrogen-bond acceptors (Lipinski definition) is 5. The molecule has 0 aliphatic carbocycles. The second-order valence-electron chi connectivity index (χ2n) is 4.84. The van der Waals surface area contributed by atoms with E-state index in [9.17, 15) is 4.79 Å². The molecule has 6 nitrogen and oxygen atoms in total. The van der Waals surface area contributed by atoms with Gasteiger partial charge in [-0.25, -0.2) is 9.48 Å². The fraction of sp³-hybridized carbons (Fsp3) is 0.400. The molecule has 0 bridgehead atoms. The van der Waals surface area contributed by atoms with Crippen molar-refractivity contribution in [2.45, 2.75) is 33.9 Å². The molecule has 2 rings (SSSR count). The van der Waals surface area contributed by atoms with E-state index in [-0.39, 0.29) is 12.2 Å². The van der Waals surface area contributed by atoms with E-state index in [4.69, 9.17) is 10.5 Å². The summed E-state index contributed by atoms with van der Waals surface area (Å²) in [4.78, 5) is 11.8. The molecule has 21 heavy (non-hydrogen) atoms. The average Bonchev–Trinajstić information content (AvgIpc) is 2.86. The Morgan fingerprint density at radius 3 is 2.57 bits per heavy atom. The number of carbonyl (C=O) groups excluding carboxylic acids is 1. The van der Waals surface area contributed by atoms with Gasteiger partial charge in [0.15, 0.2) is 5.69 Å². The number of rotatable bonds is 5. The van der Waals surface area contributed by atoms with E-state index < -0.39 is 5.97 Å². The molecule has 6 heteroatoms. The Hall–Kier alpha value is -2.21. The van der Waals surface area contributed by atoms with Gasteiger partial charge in [-0.3, -0.25) is 0 Å². The Bertz CT molecular complexity index is 629. The maximum atomic E-state index is 11.8. The van der Waals surface area contributed by atoms with Gasteiger partial charge in [-0.2, -0.15) is 0 Å². The largest absolute Gasteiger partial charge is 0.461 e. The summed E-state index contributed by atoms with van der Waals surface area (Å²) >= 11 is 0. The van der Waals surface area contributed by atoms with Crippen molar-refractivity contribution in [2.75, 3.05) is 6.61 Å². The number of carbonyl (C=O) groups is 1. The molecule has 2 aromatic rings. The summed E-state index contributed by atoms with van der Waals surface area (Å²) in [6.07, 6.45) is 0. The fourth-order valence-electron chi connectivity index (χ4n) is 2.27. The van der Waals surface area contributed by atoms with Crippen molar-refractivity contribution < 1.29 is 9.53 Å². The van der Waals surface area contributed by atoms with E-state index in [0.717, 1.165) is 5.56 Å². The monoisotopic (exact) mass is 288 g/mol. The van der Waals surface area contributed by atoms with Crippen LogP contribution in [0.1, 0.15) is 39.8 Å². The minimum absolute atomic E-state index is 0.187. The Morgan fingerprint density at radius 1 is 1.33 bits per heavy atom. The van der Waals surface area contributed by atoms with Gasteiger partial charge < -0.3 is 10.5 Å². The first-order valence-corrected chi connectivity index (χ1v) is 6.93. The van der Waals surface area contributed by atoms with Crippen molar-refractivity contribution in [2.24, 2.45) is 5.73 Å². The molecule has 0 amide bonds. The summed E-state index contributed by atoms with van der Waals surface area (Å²) in [5, 5.41) is 7.97. The van der Waals surface area contributed by atoms with E-state index in [2.05, 4.69) is 10.3 Å². The Labute approximate surface area is 123 Å². The van der Waals surface area contributed by atoms with Crippen molar-refractivity contribution in [3.05, 3.63) is 46.3 Å². The molecule has 0 unspecified atom stereocenters. The maximum absolute atomic E-state index is 11.8. The van der Waals surface area contributed by atoms with Crippen molar-refractivity contribution in [3.63, 3.8) is 0 Å². The number of ether oxygens (including phenoxy) is 1. The fourth-order valence-corrected chi connectivity index (χ4v) is 2.27. The second kappa shape index (κ2) is 6.49. The molecule has 0 aliphatic rings.